The van der Waals surface area contributed by atoms with E-state index in [0.29, 0.717) is 26.3 Å². The third kappa shape index (κ3) is 6.92. The zero-order chi connectivity index (χ0) is 29.7. The van der Waals surface area contributed by atoms with Crippen LogP contribution in [0.2, 0.25) is 10.0 Å². The summed E-state index contributed by atoms with van der Waals surface area (Å²) in [4.78, 5) is 41.8. The van der Waals surface area contributed by atoms with Gasteiger partial charge in [-0.1, -0.05) is 78.7 Å². The van der Waals surface area contributed by atoms with Crippen molar-refractivity contribution in [1.29, 1.82) is 0 Å². The Morgan fingerprint density at radius 1 is 1.00 bits per heavy atom. The number of halogens is 2. The number of nitrogens with one attached hydrogen (secondary N) is 1. The zero-order valence-electron chi connectivity index (χ0n) is 22.7. The summed E-state index contributed by atoms with van der Waals surface area (Å²) in [7, 11) is -4.09. The van der Waals surface area contributed by atoms with Gasteiger partial charge in [-0.3, -0.25) is 14.4 Å². The second-order valence-electron chi connectivity index (χ2n) is 9.91. The molecule has 0 saturated carbocycles. The number of benzene rings is 3. The van der Waals surface area contributed by atoms with Crippen molar-refractivity contribution in [3.05, 3.63) is 99.5 Å². The zero-order valence-corrected chi connectivity index (χ0v) is 25.0. The van der Waals surface area contributed by atoms with Gasteiger partial charge in [0.2, 0.25) is 11.8 Å². The van der Waals surface area contributed by atoms with E-state index in [1.807, 2.05) is 44.2 Å². The standard InChI is InChI=1S/C30H31Cl2N3O5S/c1-3-20(2)33-29(37)26(17-21-9-5-4-6-10-21)34(19-22-13-14-23(31)18-25(22)32)28(36)15-16-35-30(38)24-11-7-8-12-27(24)41(35,39)40/h4-14,18,20,26H,3,15-17,19H2,1-2H3,(H,33,37)/t20-,26-/m1/s1. The molecule has 0 spiro atoms. The molecule has 1 aliphatic heterocycles. The fraction of sp³-hybridized carbons (Fsp3) is 0.300. The molecule has 2 atom stereocenters. The van der Waals surface area contributed by atoms with Crippen LogP contribution in [0, 0.1) is 0 Å². The minimum Gasteiger partial charge on any atom is -0.352 e. The molecule has 3 amide bonds. The molecule has 1 heterocycles. The van der Waals surface area contributed by atoms with Gasteiger partial charge in [-0.2, -0.15) is 0 Å². The number of carbonyl (C=O) groups is 3. The van der Waals surface area contributed by atoms with Crippen LogP contribution in [0.1, 0.15) is 48.2 Å². The van der Waals surface area contributed by atoms with Crippen molar-refractivity contribution in [2.45, 2.75) is 56.6 Å². The first-order valence-corrected chi connectivity index (χ1v) is 15.5. The van der Waals surface area contributed by atoms with Crippen LogP contribution in [0.4, 0.5) is 0 Å². The Morgan fingerprint density at radius 3 is 2.34 bits per heavy atom. The van der Waals surface area contributed by atoms with E-state index in [4.69, 9.17) is 23.2 Å². The Hall–Kier alpha value is -3.40. The van der Waals surface area contributed by atoms with Crippen molar-refractivity contribution in [3.8, 4) is 0 Å². The van der Waals surface area contributed by atoms with Gasteiger partial charge in [-0.15, -0.1) is 0 Å². The Morgan fingerprint density at radius 2 is 1.68 bits per heavy atom. The minimum atomic E-state index is -4.09. The van der Waals surface area contributed by atoms with Gasteiger partial charge in [0.25, 0.3) is 15.9 Å². The predicted octanol–water partition coefficient (Wildman–Crippen LogP) is 5.08. The molecule has 0 radical (unpaired) electrons. The van der Waals surface area contributed by atoms with Crippen molar-refractivity contribution in [3.63, 3.8) is 0 Å². The molecule has 0 saturated heterocycles. The molecule has 11 heteroatoms. The van der Waals surface area contributed by atoms with E-state index in [-0.39, 0.29) is 48.3 Å². The maximum atomic E-state index is 13.9. The third-order valence-electron chi connectivity index (χ3n) is 7.07. The highest BCUT2D eigenvalue weighted by Gasteiger charge is 2.41. The van der Waals surface area contributed by atoms with Gasteiger partial charge >= 0.3 is 0 Å². The first-order chi connectivity index (χ1) is 19.5. The van der Waals surface area contributed by atoms with Gasteiger partial charge in [0.15, 0.2) is 0 Å². The van der Waals surface area contributed by atoms with Crippen LogP contribution in [0.5, 0.6) is 0 Å². The van der Waals surface area contributed by atoms with Gasteiger partial charge < -0.3 is 10.2 Å². The van der Waals surface area contributed by atoms with E-state index in [1.54, 1.807) is 30.3 Å². The quantitative estimate of drug-likeness (QED) is 0.324. The second-order valence-corrected chi connectivity index (χ2v) is 12.6. The largest absolute Gasteiger partial charge is 0.352 e. The lowest BCUT2D eigenvalue weighted by molar-refractivity contribution is -0.141. The first-order valence-electron chi connectivity index (χ1n) is 13.3. The summed E-state index contributed by atoms with van der Waals surface area (Å²) in [5, 5.41) is 3.72. The van der Waals surface area contributed by atoms with Gasteiger partial charge in [-0.05, 0) is 48.7 Å². The van der Waals surface area contributed by atoms with E-state index in [9.17, 15) is 22.8 Å². The van der Waals surface area contributed by atoms with Crippen LogP contribution in [0.15, 0.2) is 77.7 Å². The van der Waals surface area contributed by atoms with Crippen LogP contribution >= 0.6 is 23.2 Å². The fourth-order valence-electron chi connectivity index (χ4n) is 4.62. The number of fused-ring (bicyclic) bond motifs is 1. The lowest BCUT2D eigenvalue weighted by atomic mass is 10.0. The van der Waals surface area contributed by atoms with Crippen LogP contribution in [0.3, 0.4) is 0 Å². The molecule has 1 aliphatic rings. The molecular formula is C30H31Cl2N3O5S. The highest BCUT2D eigenvalue weighted by Crippen LogP contribution is 2.30. The number of carbonyl (C=O) groups excluding carboxylic acids is 3. The molecule has 3 aromatic carbocycles. The number of sulfonamides is 1. The van der Waals surface area contributed by atoms with E-state index in [1.165, 1.54) is 17.0 Å². The fourth-order valence-corrected chi connectivity index (χ4v) is 6.66. The summed E-state index contributed by atoms with van der Waals surface area (Å²) in [6, 6.07) is 19.0. The summed E-state index contributed by atoms with van der Waals surface area (Å²) in [6.45, 7) is 3.42. The van der Waals surface area contributed by atoms with Gasteiger partial charge in [0, 0.05) is 42.0 Å². The average molecular weight is 617 g/mol. The molecule has 1 N–H and O–H groups in total. The summed E-state index contributed by atoms with van der Waals surface area (Å²) in [6.07, 6.45) is 0.578. The second kappa shape index (κ2) is 13.1. The predicted molar refractivity (Wildman–Crippen MR) is 158 cm³/mol. The smallest absolute Gasteiger partial charge is 0.269 e. The van der Waals surface area contributed by atoms with E-state index in [2.05, 4.69) is 5.32 Å². The minimum absolute atomic E-state index is 0.0266. The van der Waals surface area contributed by atoms with Gasteiger partial charge in [0.05, 0.1) is 5.56 Å². The highest BCUT2D eigenvalue weighted by molar-refractivity contribution is 7.90. The summed E-state index contributed by atoms with van der Waals surface area (Å²) in [5.41, 5.74) is 1.47. The number of hydrogen-bond donors (Lipinski definition) is 1. The maximum absolute atomic E-state index is 13.9. The van der Waals surface area contributed by atoms with E-state index in [0.717, 1.165) is 5.56 Å². The van der Waals surface area contributed by atoms with Gasteiger partial charge in [-0.25, -0.2) is 12.7 Å². The van der Waals surface area contributed by atoms with E-state index >= 15 is 0 Å². The lowest BCUT2D eigenvalue weighted by Crippen LogP contribution is -2.52. The molecule has 216 valence electrons. The maximum Gasteiger partial charge on any atom is 0.269 e. The molecule has 0 aromatic heterocycles. The number of amides is 3. The van der Waals surface area contributed by atoms with Gasteiger partial charge in [0.1, 0.15) is 10.9 Å². The summed E-state index contributed by atoms with van der Waals surface area (Å²) >= 11 is 12.6. The Labute approximate surface area is 250 Å². The molecule has 0 bridgehead atoms. The van der Waals surface area contributed by atoms with Crippen molar-refractivity contribution < 1.29 is 22.8 Å². The van der Waals surface area contributed by atoms with Crippen LogP contribution in [-0.4, -0.2) is 54.0 Å². The summed E-state index contributed by atoms with van der Waals surface area (Å²) in [5.74, 6) is -1.54. The molecule has 0 fully saturated rings. The molecule has 4 rings (SSSR count). The van der Waals surface area contributed by atoms with Crippen molar-refractivity contribution in [2.75, 3.05) is 6.54 Å². The molecule has 41 heavy (non-hydrogen) atoms. The first kappa shape index (κ1) is 30.6. The van der Waals surface area contributed by atoms with Crippen LogP contribution < -0.4 is 5.32 Å². The van der Waals surface area contributed by atoms with E-state index < -0.39 is 27.9 Å². The molecule has 8 nitrogen and oxygen atoms in total. The third-order valence-corrected chi connectivity index (χ3v) is 9.50. The molecule has 3 aromatic rings. The number of nitrogens with zero attached hydrogens (tertiary/aromatic N) is 2. The lowest BCUT2D eigenvalue weighted by Gasteiger charge is -2.33. The van der Waals surface area contributed by atoms with Crippen LogP contribution in [-0.2, 0) is 32.6 Å². The SMILES string of the molecule is CC[C@@H](C)NC(=O)[C@@H](Cc1ccccc1)N(Cc1ccc(Cl)cc1Cl)C(=O)CCN1C(=O)c2ccccc2S1(=O)=O. The number of rotatable bonds is 11. The Balaban J connectivity index is 1.66. The highest BCUT2D eigenvalue weighted by atomic mass is 35.5. The van der Waals surface area contributed by atoms with Crippen molar-refractivity contribution in [1.82, 2.24) is 14.5 Å². The van der Waals surface area contributed by atoms with Crippen molar-refractivity contribution >= 4 is 50.9 Å². The molecular weight excluding hydrogens is 585 g/mol. The average Bonchev–Trinajstić information content (AvgIpc) is 3.15. The normalized spacial score (nSPS) is 15.2. The Bertz CT molecular complexity index is 1550. The molecule has 0 aliphatic carbocycles. The van der Waals surface area contributed by atoms with Crippen LogP contribution in [0.25, 0.3) is 0 Å². The topological polar surface area (TPSA) is 104 Å². The molecule has 0 unspecified atom stereocenters. The number of hydrogen-bond acceptors (Lipinski definition) is 5. The monoisotopic (exact) mass is 615 g/mol. The van der Waals surface area contributed by atoms with Crippen molar-refractivity contribution in [2.24, 2.45) is 0 Å². The Kier molecular flexibility index (Phi) is 9.73. The summed E-state index contributed by atoms with van der Waals surface area (Å²) < 4.78 is 26.9.